The maximum Gasteiger partial charge on any atom is 0.234 e. The van der Waals surface area contributed by atoms with E-state index in [1.807, 2.05) is 13.0 Å². The zero-order valence-electron chi connectivity index (χ0n) is 12.8. The molecule has 1 aromatic carbocycles. The first-order chi connectivity index (χ1) is 9.47. The first-order valence-corrected chi connectivity index (χ1v) is 7.26. The van der Waals surface area contributed by atoms with Crippen LogP contribution in [0.3, 0.4) is 0 Å². The van der Waals surface area contributed by atoms with E-state index in [4.69, 9.17) is 0 Å². The number of amides is 1. The van der Waals surface area contributed by atoms with Crippen molar-refractivity contribution in [3.05, 3.63) is 35.1 Å². The van der Waals surface area contributed by atoms with Gasteiger partial charge in [-0.05, 0) is 43.9 Å². The molecule has 3 nitrogen and oxygen atoms in total. The first kappa shape index (κ1) is 16.6. The highest BCUT2D eigenvalue weighted by atomic mass is 19.1. The van der Waals surface area contributed by atoms with Gasteiger partial charge in [0.1, 0.15) is 5.82 Å². The van der Waals surface area contributed by atoms with Crippen LogP contribution in [-0.4, -0.2) is 18.5 Å². The molecule has 1 amide bonds. The van der Waals surface area contributed by atoms with Gasteiger partial charge in [-0.25, -0.2) is 4.39 Å². The third-order valence-electron chi connectivity index (χ3n) is 3.62. The fraction of sp³-hybridized carbons (Fsp3) is 0.562. The molecule has 0 radical (unpaired) electrons. The zero-order chi connectivity index (χ0) is 15.1. The minimum absolute atomic E-state index is 0.0156. The molecule has 0 heterocycles. The summed E-state index contributed by atoms with van der Waals surface area (Å²) < 4.78 is 13.5. The Hall–Kier alpha value is -1.42. The molecule has 0 aliphatic rings. The van der Waals surface area contributed by atoms with Crippen molar-refractivity contribution in [3.63, 3.8) is 0 Å². The van der Waals surface area contributed by atoms with E-state index >= 15 is 0 Å². The van der Waals surface area contributed by atoms with E-state index in [9.17, 15) is 9.18 Å². The van der Waals surface area contributed by atoms with E-state index in [0.29, 0.717) is 5.56 Å². The quantitative estimate of drug-likeness (QED) is 0.806. The van der Waals surface area contributed by atoms with E-state index in [0.717, 1.165) is 18.4 Å². The second-order valence-corrected chi connectivity index (χ2v) is 5.19. The van der Waals surface area contributed by atoms with Gasteiger partial charge in [0.25, 0.3) is 0 Å². The highest BCUT2D eigenvalue weighted by molar-refractivity contribution is 5.78. The minimum Gasteiger partial charge on any atom is -0.352 e. The van der Waals surface area contributed by atoms with E-state index in [2.05, 4.69) is 24.5 Å². The third-order valence-corrected chi connectivity index (χ3v) is 3.62. The molecule has 1 rings (SSSR count). The Morgan fingerprint density at radius 2 is 1.95 bits per heavy atom. The minimum atomic E-state index is -0.211. The molecular formula is C16H25FN2O. The second-order valence-electron chi connectivity index (χ2n) is 5.19. The van der Waals surface area contributed by atoms with Crippen molar-refractivity contribution >= 4 is 5.91 Å². The Morgan fingerprint density at radius 3 is 2.50 bits per heavy atom. The molecule has 4 heteroatoms. The molecule has 0 bridgehead atoms. The molecule has 0 aliphatic carbocycles. The zero-order valence-corrected chi connectivity index (χ0v) is 12.8. The SMILES string of the molecule is CCC(CC)NC(=O)CNC(C)c1ccc(C)c(F)c1. The lowest BCUT2D eigenvalue weighted by molar-refractivity contribution is -0.121. The number of hydrogen-bond acceptors (Lipinski definition) is 2. The molecule has 1 aromatic rings. The summed E-state index contributed by atoms with van der Waals surface area (Å²) in [6.07, 6.45) is 1.86. The Bertz CT molecular complexity index is 444. The molecule has 1 atom stereocenters. The molecule has 0 saturated heterocycles. The van der Waals surface area contributed by atoms with E-state index < -0.39 is 0 Å². The van der Waals surface area contributed by atoms with Crippen LogP contribution in [0.1, 0.15) is 50.8 Å². The third kappa shape index (κ3) is 4.93. The Kier molecular flexibility index (Phi) is 6.65. The lowest BCUT2D eigenvalue weighted by Gasteiger charge is -2.18. The van der Waals surface area contributed by atoms with Crippen molar-refractivity contribution in [1.29, 1.82) is 0 Å². The van der Waals surface area contributed by atoms with Crippen LogP contribution < -0.4 is 10.6 Å². The van der Waals surface area contributed by atoms with Gasteiger partial charge in [-0.3, -0.25) is 4.79 Å². The van der Waals surface area contributed by atoms with Gasteiger partial charge in [-0.15, -0.1) is 0 Å². The number of hydrogen-bond donors (Lipinski definition) is 2. The van der Waals surface area contributed by atoms with Crippen LogP contribution in [0.4, 0.5) is 4.39 Å². The molecule has 0 aromatic heterocycles. The van der Waals surface area contributed by atoms with Crippen molar-refractivity contribution in [1.82, 2.24) is 10.6 Å². The summed E-state index contributed by atoms with van der Waals surface area (Å²) in [6.45, 7) is 8.02. The van der Waals surface area contributed by atoms with Gasteiger partial charge in [0.2, 0.25) is 5.91 Å². The molecule has 20 heavy (non-hydrogen) atoms. The maximum absolute atomic E-state index is 13.5. The number of carbonyl (C=O) groups is 1. The van der Waals surface area contributed by atoms with Crippen molar-refractivity contribution in [3.8, 4) is 0 Å². The summed E-state index contributed by atoms with van der Waals surface area (Å²) in [5, 5.41) is 6.09. The van der Waals surface area contributed by atoms with Crippen LogP contribution in [0.5, 0.6) is 0 Å². The Balaban J connectivity index is 2.48. The molecule has 0 aliphatic heterocycles. The topological polar surface area (TPSA) is 41.1 Å². The fourth-order valence-electron chi connectivity index (χ4n) is 2.01. The van der Waals surface area contributed by atoms with Crippen LogP contribution in [-0.2, 0) is 4.79 Å². The summed E-state index contributed by atoms with van der Waals surface area (Å²) >= 11 is 0. The Labute approximate surface area is 121 Å². The number of aryl methyl sites for hydroxylation is 1. The fourth-order valence-corrected chi connectivity index (χ4v) is 2.01. The van der Waals surface area contributed by atoms with Crippen LogP contribution in [0.25, 0.3) is 0 Å². The number of rotatable bonds is 7. The molecule has 0 fully saturated rings. The highest BCUT2D eigenvalue weighted by Gasteiger charge is 2.11. The van der Waals surface area contributed by atoms with Crippen molar-refractivity contribution in [2.24, 2.45) is 0 Å². The molecule has 0 spiro atoms. The number of benzene rings is 1. The van der Waals surface area contributed by atoms with Gasteiger partial charge in [0.05, 0.1) is 6.54 Å². The summed E-state index contributed by atoms with van der Waals surface area (Å²) in [5.41, 5.74) is 1.48. The summed E-state index contributed by atoms with van der Waals surface area (Å²) in [6, 6.07) is 5.34. The predicted octanol–water partition coefficient (Wildman–Crippen LogP) is 3.09. The standard InChI is InChI=1S/C16H25FN2O/c1-5-14(6-2)19-16(20)10-18-12(4)13-8-7-11(3)15(17)9-13/h7-9,12,14,18H,5-6,10H2,1-4H3,(H,19,20). The monoisotopic (exact) mass is 280 g/mol. The molecular weight excluding hydrogens is 255 g/mol. The summed E-state index contributed by atoms with van der Waals surface area (Å²) in [5.74, 6) is -0.226. The first-order valence-electron chi connectivity index (χ1n) is 7.26. The molecule has 1 unspecified atom stereocenters. The van der Waals surface area contributed by atoms with Crippen molar-refractivity contribution in [2.45, 2.75) is 52.6 Å². The van der Waals surface area contributed by atoms with E-state index in [-0.39, 0.29) is 30.4 Å². The Morgan fingerprint density at radius 1 is 1.30 bits per heavy atom. The largest absolute Gasteiger partial charge is 0.352 e. The van der Waals surface area contributed by atoms with Crippen LogP contribution >= 0.6 is 0 Å². The van der Waals surface area contributed by atoms with Crippen LogP contribution in [0.2, 0.25) is 0 Å². The summed E-state index contributed by atoms with van der Waals surface area (Å²) in [4.78, 5) is 11.8. The lowest BCUT2D eigenvalue weighted by atomic mass is 10.1. The number of carbonyl (C=O) groups excluding carboxylic acids is 1. The van der Waals surface area contributed by atoms with E-state index in [1.54, 1.807) is 13.0 Å². The maximum atomic E-state index is 13.5. The van der Waals surface area contributed by atoms with Gasteiger partial charge in [-0.2, -0.15) is 0 Å². The van der Waals surface area contributed by atoms with Gasteiger partial charge in [-0.1, -0.05) is 26.0 Å². The lowest BCUT2D eigenvalue weighted by Crippen LogP contribution is -2.40. The van der Waals surface area contributed by atoms with E-state index in [1.165, 1.54) is 6.07 Å². The number of halogens is 1. The van der Waals surface area contributed by atoms with Gasteiger partial charge in [0.15, 0.2) is 0 Å². The normalized spacial score (nSPS) is 12.5. The predicted molar refractivity (Wildman–Crippen MR) is 80.1 cm³/mol. The molecule has 2 N–H and O–H groups in total. The van der Waals surface area contributed by atoms with Crippen molar-refractivity contribution < 1.29 is 9.18 Å². The van der Waals surface area contributed by atoms with Crippen molar-refractivity contribution in [2.75, 3.05) is 6.54 Å². The summed E-state index contributed by atoms with van der Waals surface area (Å²) in [7, 11) is 0. The number of nitrogens with one attached hydrogen (secondary N) is 2. The highest BCUT2D eigenvalue weighted by Crippen LogP contribution is 2.15. The molecule has 112 valence electrons. The average molecular weight is 280 g/mol. The second kappa shape index (κ2) is 8.00. The smallest absolute Gasteiger partial charge is 0.234 e. The van der Waals surface area contributed by atoms with Crippen LogP contribution in [0.15, 0.2) is 18.2 Å². The van der Waals surface area contributed by atoms with Gasteiger partial charge >= 0.3 is 0 Å². The average Bonchev–Trinajstić information content (AvgIpc) is 2.45. The van der Waals surface area contributed by atoms with Crippen LogP contribution in [0, 0.1) is 12.7 Å². The molecule has 0 saturated carbocycles. The van der Waals surface area contributed by atoms with Gasteiger partial charge in [0, 0.05) is 12.1 Å². The van der Waals surface area contributed by atoms with Gasteiger partial charge < -0.3 is 10.6 Å².